The first-order valence-electron chi connectivity index (χ1n) is 9.02. The number of furan rings is 1. The number of aryl methyl sites for hydroxylation is 1. The van der Waals surface area contributed by atoms with E-state index in [0.29, 0.717) is 35.7 Å². The third-order valence-corrected chi connectivity index (χ3v) is 5.21. The van der Waals surface area contributed by atoms with Crippen LogP contribution in [0.15, 0.2) is 41.0 Å². The van der Waals surface area contributed by atoms with Gasteiger partial charge in [0.15, 0.2) is 5.82 Å². The van der Waals surface area contributed by atoms with Gasteiger partial charge in [0.1, 0.15) is 17.7 Å². The number of halogens is 1. The summed E-state index contributed by atoms with van der Waals surface area (Å²) < 4.78 is 18.7. The topological polar surface area (TPSA) is 62.5 Å². The highest BCUT2D eigenvalue weighted by Crippen LogP contribution is 2.26. The second-order valence-electron chi connectivity index (χ2n) is 6.96. The molecule has 3 aromatic rings. The fraction of sp³-hybridized carbons (Fsp3) is 0.350. The number of carbonyl (C=O) groups excluding carboxylic acids is 1. The molecule has 0 N–H and O–H groups in total. The Hall–Kier alpha value is -2.96. The molecule has 7 heteroatoms. The monoisotopic (exact) mass is 368 g/mol. The van der Waals surface area contributed by atoms with Gasteiger partial charge in [0.05, 0.1) is 11.3 Å². The van der Waals surface area contributed by atoms with Gasteiger partial charge in [0, 0.05) is 37.6 Å². The van der Waals surface area contributed by atoms with Gasteiger partial charge in [-0.3, -0.25) is 4.79 Å². The summed E-state index contributed by atoms with van der Waals surface area (Å²) in [5.41, 5.74) is 1.77. The molecule has 3 heterocycles. The van der Waals surface area contributed by atoms with E-state index in [1.54, 1.807) is 6.07 Å². The first-order valence-corrected chi connectivity index (χ1v) is 9.02. The molecule has 1 fully saturated rings. The normalized spacial score (nSPS) is 15.3. The number of fused-ring (bicyclic) bond motifs is 1. The van der Waals surface area contributed by atoms with E-state index in [-0.39, 0.29) is 11.7 Å². The Kier molecular flexibility index (Phi) is 4.51. The van der Waals surface area contributed by atoms with Gasteiger partial charge < -0.3 is 14.2 Å². The van der Waals surface area contributed by atoms with Crippen LogP contribution in [0.1, 0.15) is 28.9 Å². The Labute approximate surface area is 156 Å². The Morgan fingerprint density at radius 1 is 1.22 bits per heavy atom. The summed E-state index contributed by atoms with van der Waals surface area (Å²) in [6.07, 6.45) is 3.12. The second kappa shape index (κ2) is 6.98. The van der Waals surface area contributed by atoms with Gasteiger partial charge in [-0.15, -0.1) is 5.10 Å². The van der Waals surface area contributed by atoms with Crippen LogP contribution in [-0.2, 0) is 0 Å². The molecule has 0 spiro atoms. The first-order chi connectivity index (χ1) is 13.0. The first kappa shape index (κ1) is 17.5. The summed E-state index contributed by atoms with van der Waals surface area (Å²) in [6.45, 7) is 3.22. The lowest BCUT2D eigenvalue weighted by atomic mass is 10.0. The summed E-state index contributed by atoms with van der Waals surface area (Å²) in [6, 6.07) is 8.47. The molecular weight excluding hydrogens is 347 g/mol. The molecule has 27 heavy (non-hydrogen) atoms. The molecule has 0 bridgehead atoms. The third kappa shape index (κ3) is 3.37. The lowest BCUT2D eigenvalue weighted by Gasteiger charge is -2.37. The van der Waals surface area contributed by atoms with E-state index in [4.69, 9.17) is 4.42 Å². The number of likely N-dealkylation sites (tertiary alicyclic amines) is 1. The molecule has 1 aliphatic rings. The van der Waals surface area contributed by atoms with Crippen molar-refractivity contribution in [3.05, 3.63) is 53.7 Å². The van der Waals surface area contributed by atoms with Crippen LogP contribution in [0.5, 0.6) is 0 Å². The Morgan fingerprint density at radius 3 is 2.70 bits per heavy atom. The summed E-state index contributed by atoms with van der Waals surface area (Å²) >= 11 is 0. The van der Waals surface area contributed by atoms with Crippen LogP contribution in [0.4, 0.5) is 10.2 Å². The maximum atomic E-state index is 13.3. The number of piperidine rings is 1. The van der Waals surface area contributed by atoms with E-state index in [1.165, 1.54) is 18.4 Å². The molecule has 0 aliphatic carbocycles. The molecule has 0 atom stereocenters. The molecule has 1 aliphatic heterocycles. The largest absolute Gasteiger partial charge is 0.463 e. The maximum Gasteiger partial charge on any atom is 0.257 e. The molecule has 1 saturated heterocycles. The Morgan fingerprint density at radius 2 is 2.00 bits per heavy atom. The number of carbonyl (C=O) groups is 1. The van der Waals surface area contributed by atoms with Crippen LogP contribution in [0.3, 0.4) is 0 Å². The van der Waals surface area contributed by atoms with Crippen LogP contribution in [0, 0.1) is 12.7 Å². The van der Waals surface area contributed by atoms with Gasteiger partial charge in [-0.2, -0.15) is 5.10 Å². The number of hydrogen-bond donors (Lipinski definition) is 0. The van der Waals surface area contributed by atoms with Crippen LogP contribution >= 0.6 is 0 Å². The number of rotatable bonds is 3. The van der Waals surface area contributed by atoms with Crippen LogP contribution in [0.25, 0.3) is 11.0 Å². The van der Waals surface area contributed by atoms with Gasteiger partial charge in [0.2, 0.25) is 0 Å². The van der Waals surface area contributed by atoms with Crippen molar-refractivity contribution in [1.29, 1.82) is 0 Å². The van der Waals surface area contributed by atoms with E-state index < -0.39 is 0 Å². The number of hydrogen-bond acceptors (Lipinski definition) is 5. The van der Waals surface area contributed by atoms with Crippen molar-refractivity contribution in [3.8, 4) is 0 Å². The summed E-state index contributed by atoms with van der Waals surface area (Å²) in [5.74, 6) is 0.392. The van der Waals surface area contributed by atoms with Crippen LogP contribution in [0.2, 0.25) is 0 Å². The van der Waals surface area contributed by atoms with Crippen molar-refractivity contribution in [2.75, 3.05) is 25.0 Å². The highest BCUT2D eigenvalue weighted by Gasteiger charge is 2.28. The van der Waals surface area contributed by atoms with Crippen molar-refractivity contribution in [2.45, 2.75) is 25.8 Å². The fourth-order valence-electron chi connectivity index (χ4n) is 3.56. The van der Waals surface area contributed by atoms with Crippen molar-refractivity contribution in [3.63, 3.8) is 0 Å². The van der Waals surface area contributed by atoms with Gasteiger partial charge in [-0.05, 0) is 44.0 Å². The van der Waals surface area contributed by atoms with E-state index in [0.717, 1.165) is 24.4 Å². The van der Waals surface area contributed by atoms with Crippen molar-refractivity contribution >= 4 is 22.7 Å². The highest BCUT2D eigenvalue weighted by atomic mass is 19.1. The molecule has 1 amide bonds. The van der Waals surface area contributed by atoms with E-state index >= 15 is 0 Å². The van der Waals surface area contributed by atoms with E-state index in [2.05, 4.69) is 15.1 Å². The quantitative estimate of drug-likeness (QED) is 0.709. The van der Waals surface area contributed by atoms with Crippen molar-refractivity contribution < 1.29 is 13.6 Å². The SMILES string of the molecule is Cc1ccc(N(C)C2CCN(C(=O)c3coc4cc(F)ccc34)CC2)nn1. The molecule has 0 unspecified atom stereocenters. The van der Waals surface area contributed by atoms with E-state index in [9.17, 15) is 9.18 Å². The lowest BCUT2D eigenvalue weighted by molar-refractivity contribution is 0.0714. The van der Waals surface area contributed by atoms with Crippen LogP contribution in [-0.4, -0.2) is 47.2 Å². The molecule has 1 aromatic carbocycles. The summed E-state index contributed by atoms with van der Waals surface area (Å²) in [5, 5.41) is 9.00. The molecule has 4 rings (SSSR count). The van der Waals surface area contributed by atoms with Gasteiger partial charge in [-0.1, -0.05) is 0 Å². The molecule has 0 saturated carbocycles. The van der Waals surface area contributed by atoms with Crippen molar-refractivity contribution in [2.24, 2.45) is 0 Å². The minimum Gasteiger partial charge on any atom is -0.463 e. The zero-order valence-electron chi connectivity index (χ0n) is 15.4. The molecule has 0 radical (unpaired) electrons. The zero-order chi connectivity index (χ0) is 19.0. The third-order valence-electron chi connectivity index (χ3n) is 5.21. The molecule has 6 nitrogen and oxygen atoms in total. The van der Waals surface area contributed by atoms with Gasteiger partial charge in [-0.25, -0.2) is 4.39 Å². The average Bonchev–Trinajstić information content (AvgIpc) is 3.10. The predicted octanol–water partition coefficient (Wildman–Crippen LogP) is 3.41. The van der Waals surface area contributed by atoms with Crippen LogP contribution < -0.4 is 4.90 Å². The summed E-state index contributed by atoms with van der Waals surface area (Å²) in [7, 11) is 2.01. The van der Waals surface area contributed by atoms with Gasteiger partial charge in [0.25, 0.3) is 5.91 Å². The highest BCUT2D eigenvalue weighted by molar-refractivity contribution is 6.05. The number of benzene rings is 1. The minimum absolute atomic E-state index is 0.0726. The Balaban J connectivity index is 1.44. The Bertz CT molecular complexity index is 962. The average molecular weight is 368 g/mol. The molecular formula is C20H21FN4O2. The maximum absolute atomic E-state index is 13.3. The number of nitrogens with zero attached hydrogens (tertiary/aromatic N) is 4. The van der Waals surface area contributed by atoms with Crippen molar-refractivity contribution in [1.82, 2.24) is 15.1 Å². The number of amides is 1. The second-order valence-corrected chi connectivity index (χ2v) is 6.96. The summed E-state index contributed by atoms with van der Waals surface area (Å²) in [4.78, 5) is 16.8. The fourth-order valence-corrected chi connectivity index (χ4v) is 3.56. The number of anilines is 1. The smallest absolute Gasteiger partial charge is 0.257 e. The molecule has 140 valence electrons. The molecule has 2 aromatic heterocycles. The standard InChI is InChI=1S/C20H21FN4O2/c1-13-3-6-19(23-22-13)24(2)15-7-9-25(10-8-15)20(26)17-12-27-18-11-14(21)4-5-16(17)18/h3-6,11-12,15H,7-10H2,1-2H3. The van der Waals surface area contributed by atoms with Gasteiger partial charge >= 0.3 is 0 Å². The van der Waals surface area contributed by atoms with E-state index in [1.807, 2.05) is 31.0 Å². The zero-order valence-corrected chi connectivity index (χ0v) is 15.4. The minimum atomic E-state index is -0.376. The lowest BCUT2D eigenvalue weighted by Crippen LogP contribution is -2.45. The predicted molar refractivity (Wildman–Crippen MR) is 100 cm³/mol. The number of aromatic nitrogens is 2.